The molecule has 1 heterocycles. The van der Waals surface area contributed by atoms with Gasteiger partial charge < -0.3 is 0 Å². The van der Waals surface area contributed by atoms with Crippen LogP contribution in [0.1, 0.15) is 27.6 Å². The summed E-state index contributed by atoms with van der Waals surface area (Å²) < 4.78 is 1.12. The number of nitrogens with two attached hydrogens (primary N) is 1. The molecule has 1 aromatic heterocycles. The average Bonchev–Trinajstić information content (AvgIpc) is 2.77. The predicted octanol–water partition coefficient (Wildman–Crippen LogP) is 3.87. The van der Waals surface area contributed by atoms with Crippen LogP contribution in [0.4, 0.5) is 0 Å². The molecule has 1 unspecified atom stereocenters. The Hall–Kier alpha value is -0.680. The van der Waals surface area contributed by atoms with Crippen molar-refractivity contribution in [1.29, 1.82) is 0 Å². The SMILES string of the molecule is Cc1ccc(CC(NN)c2sccc2Br)cc1C. The molecular formula is C14H17BrN2S. The number of nitrogens with one attached hydrogen (secondary N) is 1. The summed E-state index contributed by atoms with van der Waals surface area (Å²) in [5, 5.41) is 2.07. The number of aryl methyl sites for hydroxylation is 2. The fraction of sp³-hybridized carbons (Fsp3) is 0.286. The summed E-state index contributed by atoms with van der Waals surface area (Å²) in [5.41, 5.74) is 6.87. The molecule has 18 heavy (non-hydrogen) atoms. The van der Waals surface area contributed by atoms with E-state index < -0.39 is 0 Å². The van der Waals surface area contributed by atoms with Gasteiger partial charge in [-0.1, -0.05) is 18.2 Å². The van der Waals surface area contributed by atoms with E-state index in [0.29, 0.717) is 0 Å². The van der Waals surface area contributed by atoms with Crippen LogP contribution in [-0.2, 0) is 6.42 Å². The molecule has 1 atom stereocenters. The summed E-state index contributed by atoms with van der Waals surface area (Å²) in [6.07, 6.45) is 0.900. The number of benzene rings is 1. The van der Waals surface area contributed by atoms with Crippen LogP contribution in [0.2, 0.25) is 0 Å². The van der Waals surface area contributed by atoms with Crippen LogP contribution < -0.4 is 11.3 Å². The zero-order chi connectivity index (χ0) is 13.1. The molecule has 0 aliphatic carbocycles. The van der Waals surface area contributed by atoms with E-state index >= 15 is 0 Å². The Kier molecular flexibility index (Phi) is 4.56. The highest BCUT2D eigenvalue weighted by atomic mass is 79.9. The molecule has 4 heteroatoms. The average molecular weight is 325 g/mol. The number of rotatable bonds is 4. The van der Waals surface area contributed by atoms with Crippen molar-refractivity contribution in [2.75, 3.05) is 0 Å². The summed E-state index contributed by atoms with van der Waals surface area (Å²) in [6, 6.07) is 8.79. The van der Waals surface area contributed by atoms with E-state index in [0.717, 1.165) is 10.9 Å². The van der Waals surface area contributed by atoms with Crippen LogP contribution >= 0.6 is 27.3 Å². The molecule has 0 fully saturated rings. The molecule has 0 aliphatic heterocycles. The lowest BCUT2D eigenvalue weighted by molar-refractivity contribution is 0.559. The van der Waals surface area contributed by atoms with Crippen LogP contribution in [0, 0.1) is 13.8 Å². The van der Waals surface area contributed by atoms with E-state index in [4.69, 9.17) is 5.84 Å². The summed E-state index contributed by atoms with van der Waals surface area (Å²) in [4.78, 5) is 1.25. The van der Waals surface area contributed by atoms with Gasteiger partial charge in [0.25, 0.3) is 0 Å². The molecular weight excluding hydrogens is 308 g/mol. The van der Waals surface area contributed by atoms with Crippen molar-refractivity contribution in [3.8, 4) is 0 Å². The molecule has 2 nitrogen and oxygen atoms in total. The molecule has 0 saturated heterocycles. The van der Waals surface area contributed by atoms with Gasteiger partial charge in [0.2, 0.25) is 0 Å². The Morgan fingerprint density at radius 1 is 1.28 bits per heavy atom. The molecule has 2 aromatic rings. The zero-order valence-electron chi connectivity index (χ0n) is 10.5. The van der Waals surface area contributed by atoms with Crippen molar-refractivity contribution >= 4 is 27.3 Å². The highest BCUT2D eigenvalue weighted by Gasteiger charge is 2.15. The fourth-order valence-electron chi connectivity index (χ4n) is 1.95. The van der Waals surface area contributed by atoms with Crippen molar-refractivity contribution < 1.29 is 0 Å². The molecule has 0 bridgehead atoms. The summed E-state index contributed by atoms with van der Waals surface area (Å²) in [7, 11) is 0. The van der Waals surface area contributed by atoms with E-state index in [2.05, 4.69) is 64.8 Å². The summed E-state index contributed by atoms with van der Waals surface area (Å²) in [5.74, 6) is 5.68. The van der Waals surface area contributed by atoms with E-state index in [1.807, 2.05) is 0 Å². The number of hydrogen-bond acceptors (Lipinski definition) is 3. The van der Waals surface area contributed by atoms with E-state index in [9.17, 15) is 0 Å². The van der Waals surface area contributed by atoms with E-state index in [1.54, 1.807) is 11.3 Å². The Morgan fingerprint density at radius 3 is 2.61 bits per heavy atom. The van der Waals surface area contributed by atoms with Crippen molar-refractivity contribution in [3.05, 3.63) is 55.7 Å². The van der Waals surface area contributed by atoms with Gasteiger partial charge in [-0.05, 0) is 64.3 Å². The fourth-order valence-corrected chi connectivity index (χ4v) is 3.66. The van der Waals surface area contributed by atoms with Crippen molar-refractivity contribution in [2.24, 2.45) is 5.84 Å². The lowest BCUT2D eigenvalue weighted by atomic mass is 10.0. The van der Waals surface area contributed by atoms with Crippen molar-refractivity contribution in [2.45, 2.75) is 26.3 Å². The van der Waals surface area contributed by atoms with Crippen molar-refractivity contribution in [3.63, 3.8) is 0 Å². The maximum absolute atomic E-state index is 5.68. The Bertz CT molecular complexity index is 536. The minimum Gasteiger partial charge on any atom is -0.271 e. The van der Waals surface area contributed by atoms with Crippen LogP contribution in [0.5, 0.6) is 0 Å². The number of thiophene rings is 1. The van der Waals surface area contributed by atoms with Gasteiger partial charge in [-0.15, -0.1) is 11.3 Å². The van der Waals surface area contributed by atoms with Gasteiger partial charge in [-0.3, -0.25) is 11.3 Å². The third-order valence-corrected chi connectivity index (χ3v) is 5.16. The Balaban J connectivity index is 2.20. The molecule has 1 aromatic carbocycles. The molecule has 3 N–H and O–H groups in total. The minimum atomic E-state index is 0.154. The van der Waals surface area contributed by atoms with Gasteiger partial charge in [-0.25, -0.2) is 0 Å². The Morgan fingerprint density at radius 2 is 2.06 bits per heavy atom. The van der Waals surface area contributed by atoms with Crippen LogP contribution in [-0.4, -0.2) is 0 Å². The predicted molar refractivity (Wildman–Crippen MR) is 81.7 cm³/mol. The standard InChI is InChI=1S/C14H17BrN2S/c1-9-3-4-11(7-10(9)2)8-13(17-16)14-12(15)5-6-18-14/h3-7,13,17H,8,16H2,1-2H3. The second kappa shape index (κ2) is 5.97. The lowest BCUT2D eigenvalue weighted by Gasteiger charge is -2.16. The van der Waals surface area contributed by atoms with Gasteiger partial charge >= 0.3 is 0 Å². The first-order valence-corrected chi connectivity index (χ1v) is 7.54. The summed E-state index contributed by atoms with van der Waals surface area (Å²) >= 11 is 5.28. The Labute approximate surface area is 120 Å². The highest BCUT2D eigenvalue weighted by molar-refractivity contribution is 9.10. The first kappa shape index (κ1) is 13.7. The van der Waals surface area contributed by atoms with Gasteiger partial charge in [0.1, 0.15) is 0 Å². The smallest absolute Gasteiger partial charge is 0.0604 e. The van der Waals surface area contributed by atoms with Gasteiger partial charge in [0, 0.05) is 9.35 Å². The van der Waals surface area contributed by atoms with E-state index in [1.165, 1.54) is 21.6 Å². The normalized spacial score (nSPS) is 12.7. The maximum Gasteiger partial charge on any atom is 0.0604 e. The second-order valence-corrected chi connectivity index (χ2v) is 6.28. The molecule has 2 rings (SSSR count). The number of hydrazine groups is 1. The van der Waals surface area contributed by atoms with Gasteiger partial charge in [0.05, 0.1) is 6.04 Å². The third kappa shape index (κ3) is 3.01. The molecule has 0 spiro atoms. The minimum absolute atomic E-state index is 0.154. The molecule has 96 valence electrons. The van der Waals surface area contributed by atoms with E-state index in [-0.39, 0.29) is 6.04 Å². The largest absolute Gasteiger partial charge is 0.271 e. The first-order chi connectivity index (χ1) is 8.61. The van der Waals surface area contributed by atoms with Crippen LogP contribution in [0.3, 0.4) is 0 Å². The number of halogens is 1. The molecule has 0 aliphatic rings. The van der Waals surface area contributed by atoms with Gasteiger partial charge in [0.15, 0.2) is 0 Å². The molecule has 0 saturated carbocycles. The quantitative estimate of drug-likeness (QED) is 0.661. The number of hydrogen-bond donors (Lipinski definition) is 2. The summed E-state index contributed by atoms with van der Waals surface area (Å²) in [6.45, 7) is 4.28. The van der Waals surface area contributed by atoms with Gasteiger partial charge in [-0.2, -0.15) is 0 Å². The highest BCUT2D eigenvalue weighted by Crippen LogP contribution is 2.30. The zero-order valence-corrected chi connectivity index (χ0v) is 12.9. The van der Waals surface area contributed by atoms with Crippen LogP contribution in [0.25, 0.3) is 0 Å². The lowest BCUT2D eigenvalue weighted by Crippen LogP contribution is -2.29. The maximum atomic E-state index is 5.68. The first-order valence-electron chi connectivity index (χ1n) is 5.87. The van der Waals surface area contributed by atoms with Crippen molar-refractivity contribution in [1.82, 2.24) is 5.43 Å². The topological polar surface area (TPSA) is 38.0 Å². The second-order valence-electron chi connectivity index (χ2n) is 4.47. The van der Waals surface area contributed by atoms with Crippen LogP contribution in [0.15, 0.2) is 34.1 Å². The molecule has 0 radical (unpaired) electrons. The molecule has 0 amide bonds. The monoisotopic (exact) mass is 324 g/mol. The third-order valence-electron chi connectivity index (χ3n) is 3.17.